The Morgan fingerprint density at radius 2 is 2.00 bits per heavy atom. The Labute approximate surface area is 156 Å². The predicted molar refractivity (Wildman–Crippen MR) is 102 cm³/mol. The van der Waals surface area contributed by atoms with E-state index in [-0.39, 0.29) is 12.5 Å². The second-order valence-electron chi connectivity index (χ2n) is 5.61. The van der Waals surface area contributed by atoms with Crippen molar-refractivity contribution in [1.29, 1.82) is 0 Å². The molecule has 26 heavy (non-hydrogen) atoms. The average molecular weight is 369 g/mol. The van der Waals surface area contributed by atoms with Crippen LogP contribution in [-0.2, 0) is 4.79 Å². The molecule has 0 fully saturated rings. The van der Waals surface area contributed by atoms with Crippen molar-refractivity contribution in [3.8, 4) is 17.1 Å². The summed E-state index contributed by atoms with van der Waals surface area (Å²) >= 11 is 5.97. The molecular weight excluding hydrogens is 352 g/mol. The molecule has 0 unspecified atom stereocenters. The van der Waals surface area contributed by atoms with Crippen molar-refractivity contribution in [2.24, 2.45) is 5.10 Å². The molecule has 3 rings (SSSR count). The first kappa shape index (κ1) is 17.8. The Balaban J connectivity index is 1.50. The van der Waals surface area contributed by atoms with Crippen LogP contribution in [0.25, 0.3) is 11.3 Å². The second-order valence-corrected chi connectivity index (χ2v) is 6.04. The highest BCUT2D eigenvalue weighted by Gasteiger charge is 2.05. The molecule has 1 amide bonds. The van der Waals surface area contributed by atoms with Crippen LogP contribution in [0.4, 0.5) is 0 Å². The number of hydrogen-bond donors (Lipinski definition) is 1. The highest BCUT2D eigenvalue weighted by Crippen LogP contribution is 2.24. The molecule has 0 atom stereocenters. The third kappa shape index (κ3) is 4.97. The van der Waals surface area contributed by atoms with Gasteiger partial charge in [-0.15, -0.1) is 0 Å². The van der Waals surface area contributed by atoms with Gasteiger partial charge in [0.15, 0.2) is 6.61 Å². The lowest BCUT2D eigenvalue weighted by Gasteiger charge is -2.04. The molecule has 0 aliphatic heterocycles. The van der Waals surface area contributed by atoms with E-state index in [1.54, 1.807) is 12.1 Å². The number of carbonyl (C=O) groups excluding carboxylic acids is 1. The lowest BCUT2D eigenvalue weighted by molar-refractivity contribution is -0.123. The smallest absolute Gasteiger partial charge is 0.277 e. The molecule has 0 spiro atoms. The third-order valence-corrected chi connectivity index (χ3v) is 3.74. The summed E-state index contributed by atoms with van der Waals surface area (Å²) in [7, 11) is 0. The fourth-order valence-electron chi connectivity index (χ4n) is 2.20. The molecule has 0 saturated carbocycles. The summed E-state index contributed by atoms with van der Waals surface area (Å²) in [5, 5.41) is 4.50. The normalized spacial score (nSPS) is 10.8. The lowest BCUT2D eigenvalue weighted by Crippen LogP contribution is -2.24. The lowest BCUT2D eigenvalue weighted by atomic mass is 10.2. The molecule has 6 heteroatoms. The van der Waals surface area contributed by atoms with E-state index < -0.39 is 0 Å². The largest absolute Gasteiger partial charge is 0.484 e. The fourth-order valence-corrected chi connectivity index (χ4v) is 2.39. The number of nitrogens with one attached hydrogen (secondary N) is 1. The van der Waals surface area contributed by atoms with E-state index in [2.05, 4.69) is 10.5 Å². The Bertz CT molecular complexity index is 917. The highest BCUT2D eigenvalue weighted by molar-refractivity contribution is 6.30. The minimum absolute atomic E-state index is 0.119. The average Bonchev–Trinajstić information content (AvgIpc) is 3.10. The number of hydrazone groups is 1. The van der Waals surface area contributed by atoms with E-state index in [1.807, 2.05) is 55.5 Å². The van der Waals surface area contributed by atoms with Gasteiger partial charge in [-0.25, -0.2) is 5.43 Å². The van der Waals surface area contributed by atoms with Gasteiger partial charge in [0.25, 0.3) is 5.91 Å². The molecule has 132 valence electrons. The monoisotopic (exact) mass is 368 g/mol. The Morgan fingerprint density at radius 3 is 2.77 bits per heavy atom. The fraction of sp³-hybridized carbons (Fsp3) is 0.100. The Hall–Kier alpha value is -3.05. The number of rotatable bonds is 6. The zero-order chi connectivity index (χ0) is 18.4. The van der Waals surface area contributed by atoms with Gasteiger partial charge in [0.05, 0.1) is 6.21 Å². The van der Waals surface area contributed by atoms with Crippen LogP contribution in [0, 0.1) is 6.92 Å². The van der Waals surface area contributed by atoms with E-state index in [1.165, 1.54) is 6.21 Å². The number of halogens is 1. The molecule has 0 aliphatic rings. The van der Waals surface area contributed by atoms with Gasteiger partial charge in [-0.2, -0.15) is 5.10 Å². The van der Waals surface area contributed by atoms with E-state index >= 15 is 0 Å². The van der Waals surface area contributed by atoms with Crippen molar-refractivity contribution in [2.75, 3.05) is 6.61 Å². The number of amides is 1. The predicted octanol–water partition coefficient (Wildman–Crippen LogP) is 4.44. The standard InChI is InChI=1S/C20H17ClN2O3/c1-14-5-7-17(8-6-14)25-13-20(24)23-22-12-18-9-10-19(26-18)15-3-2-4-16(21)11-15/h2-12H,13H2,1H3,(H,23,24). The van der Waals surface area contributed by atoms with Crippen LogP contribution >= 0.6 is 11.6 Å². The van der Waals surface area contributed by atoms with Crippen molar-refractivity contribution in [3.05, 3.63) is 77.0 Å². The molecule has 1 aromatic heterocycles. The molecule has 2 aromatic carbocycles. The van der Waals surface area contributed by atoms with Crippen LogP contribution in [0.1, 0.15) is 11.3 Å². The van der Waals surface area contributed by atoms with Gasteiger partial charge in [-0.3, -0.25) is 4.79 Å². The van der Waals surface area contributed by atoms with Crippen LogP contribution < -0.4 is 10.2 Å². The maximum atomic E-state index is 11.7. The SMILES string of the molecule is Cc1ccc(OCC(=O)NN=Cc2ccc(-c3cccc(Cl)c3)o2)cc1. The van der Waals surface area contributed by atoms with Gasteiger partial charge >= 0.3 is 0 Å². The molecule has 1 N–H and O–H groups in total. The zero-order valence-electron chi connectivity index (χ0n) is 14.1. The molecule has 0 radical (unpaired) electrons. The first-order valence-electron chi connectivity index (χ1n) is 7.97. The topological polar surface area (TPSA) is 63.8 Å². The van der Waals surface area contributed by atoms with Crippen molar-refractivity contribution in [3.63, 3.8) is 0 Å². The Kier molecular flexibility index (Phi) is 5.71. The molecule has 0 bridgehead atoms. The summed E-state index contributed by atoms with van der Waals surface area (Å²) in [6, 6.07) is 18.4. The summed E-state index contributed by atoms with van der Waals surface area (Å²) in [5.74, 6) is 1.46. The number of benzene rings is 2. The van der Waals surface area contributed by atoms with Gasteiger partial charge in [0.2, 0.25) is 0 Å². The third-order valence-electron chi connectivity index (χ3n) is 3.51. The van der Waals surface area contributed by atoms with Gasteiger partial charge in [-0.1, -0.05) is 41.4 Å². The summed E-state index contributed by atoms with van der Waals surface area (Å²) in [5.41, 5.74) is 4.39. The first-order chi connectivity index (χ1) is 12.6. The summed E-state index contributed by atoms with van der Waals surface area (Å²) < 4.78 is 11.0. The summed E-state index contributed by atoms with van der Waals surface area (Å²) in [4.78, 5) is 11.7. The minimum Gasteiger partial charge on any atom is -0.484 e. The second kappa shape index (κ2) is 8.36. The van der Waals surface area contributed by atoms with Crippen LogP contribution in [-0.4, -0.2) is 18.7 Å². The van der Waals surface area contributed by atoms with Crippen LogP contribution in [0.2, 0.25) is 5.02 Å². The van der Waals surface area contributed by atoms with Gasteiger partial charge < -0.3 is 9.15 Å². The summed E-state index contributed by atoms with van der Waals surface area (Å²) in [6.07, 6.45) is 1.43. The number of nitrogens with zero attached hydrogens (tertiary/aromatic N) is 1. The zero-order valence-corrected chi connectivity index (χ0v) is 14.9. The number of aryl methyl sites for hydroxylation is 1. The molecule has 3 aromatic rings. The maximum Gasteiger partial charge on any atom is 0.277 e. The number of hydrogen-bond acceptors (Lipinski definition) is 4. The minimum atomic E-state index is -0.358. The van der Waals surface area contributed by atoms with Crippen LogP contribution in [0.5, 0.6) is 5.75 Å². The van der Waals surface area contributed by atoms with Gasteiger partial charge in [-0.05, 0) is 43.3 Å². The first-order valence-corrected chi connectivity index (χ1v) is 8.35. The molecule has 0 aliphatic carbocycles. The number of carbonyl (C=O) groups is 1. The highest BCUT2D eigenvalue weighted by atomic mass is 35.5. The molecule has 5 nitrogen and oxygen atoms in total. The Morgan fingerprint density at radius 1 is 1.19 bits per heavy atom. The van der Waals surface area contributed by atoms with E-state index in [0.29, 0.717) is 22.3 Å². The van der Waals surface area contributed by atoms with Crippen LogP contribution in [0.15, 0.2) is 70.2 Å². The van der Waals surface area contributed by atoms with Crippen molar-refractivity contribution in [2.45, 2.75) is 6.92 Å². The van der Waals surface area contributed by atoms with Crippen molar-refractivity contribution in [1.82, 2.24) is 5.43 Å². The van der Waals surface area contributed by atoms with E-state index in [0.717, 1.165) is 11.1 Å². The van der Waals surface area contributed by atoms with Crippen molar-refractivity contribution >= 4 is 23.7 Å². The molecule has 1 heterocycles. The maximum absolute atomic E-state index is 11.7. The van der Waals surface area contributed by atoms with Crippen molar-refractivity contribution < 1.29 is 13.9 Å². The van der Waals surface area contributed by atoms with Crippen LogP contribution in [0.3, 0.4) is 0 Å². The molecule has 0 saturated heterocycles. The van der Waals surface area contributed by atoms with Gasteiger partial charge in [0.1, 0.15) is 17.3 Å². The summed E-state index contributed by atoms with van der Waals surface area (Å²) in [6.45, 7) is 1.87. The number of furan rings is 1. The molecular formula is C20H17ClN2O3. The quantitative estimate of drug-likeness (QED) is 0.517. The van der Waals surface area contributed by atoms with E-state index in [4.69, 9.17) is 20.8 Å². The van der Waals surface area contributed by atoms with E-state index in [9.17, 15) is 4.79 Å². The number of ether oxygens (including phenoxy) is 1. The van der Waals surface area contributed by atoms with Gasteiger partial charge in [0, 0.05) is 10.6 Å².